The average molecular weight is 370 g/mol. The number of nitrogens with one attached hydrogen (secondary N) is 2. The van der Waals surface area contributed by atoms with Crippen LogP contribution in [0.1, 0.15) is 52.1 Å². The molecule has 1 fully saturated rings. The molecule has 1 saturated carbocycles. The van der Waals surface area contributed by atoms with Crippen LogP contribution in [0, 0.1) is 5.92 Å². The molecular formula is C20H26N4O3. The Morgan fingerprint density at radius 1 is 1.19 bits per heavy atom. The van der Waals surface area contributed by atoms with Gasteiger partial charge in [0.25, 0.3) is 0 Å². The summed E-state index contributed by atoms with van der Waals surface area (Å²) in [7, 11) is 0. The lowest BCUT2D eigenvalue weighted by Gasteiger charge is -2.10. The molecule has 144 valence electrons. The van der Waals surface area contributed by atoms with E-state index in [0.29, 0.717) is 22.9 Å². The summed E-state index contributed by atoms with van der Waals surface area (Å²) in [5.74, 6) is 0.110. The molecule has 3 N–H and O–H groups in total. The van der Waals surface area contributed by atoms with Crippen molar-refractivity contribution in [3.63, 3.8) is 0 Å². The SMILES string of the molecule is CC(C)NC(=O)n1nc(-c2cc(NC(=O)C(C)C)ccc2O)cc1C1CC1. The third-order valence-electron chi connectivity index (χ3n) is 4.40. The van der Waals surface area contributed by atoms with Gasteiger partial charge in [-0.05, 0) is 51.0 Å². The standard InChI is InChI=1S/C20H26N4O3/c1-11(2)19(26)22-14-7-8-18(25)15(9-14)16-10-17(13-5-6-13)24(23-16)20(27)21-12(3)4/h7-13,25H,5-6H2,1-4H3,(H,21,27)(H,22,26). The lowest BCUT2D eigenvalue weighted by molar-refractivity contribution is -0.118. The summed E-state index contributed by atoms with van der Waals surface area (Å²) < 4.78 is 1.39. The zero-order chi connectivity index (χ0) is 19.7. The number of anilines is 1. The number of rotatable bonds is 5. The van der Waals surface area contributed by atoms with Crippen LogP contribution in [0.15, 0.2) is 24.3 Å². The topological polar surface area (TPSA) is 96.3 Å². The Kier molecular flexibility index (Phi) is 5.21. The summed E-state index contributed by atoms with van der Waals surface area (Å²) in [6.07, 6.45) is 2.05. The molecule has 0 radical (unpaired) electrons. The summed E-state index contributed by atoms with van der Waals surface area (Å²) in [6, 6.07) is 6.42. The molecule has 2 aromatic rings. The van der Waals surface area contributed by atoms with Gasteiger partial charge in [-0.15, -0.1) is 0 Å². The van der Waals surface area contributed by atoms with Crippen LogP contribution >= 0.6 is 0 Å². The zero-order valence-electron chi connectivity index (χ0n) is 16.1. The molecule has 0 aliphatic heterocycles. The van der Waals surface area contributed by atoms with Gasteiger partial charge in [0, 0.05) is 29.1 Å². The molecule has 1 heterocycles. The number of carbonyl (C=O) groups is 2. The predicted molar refractivity (Wildman–Crippen MR) is 104 cm³/mol. The van der Waals surface area contributed by atoms with Gasteiger partial charge in [0.15, 0.2) is 0 Å². The van der Waals surface area contributed by atoms with Gasteiger partial charge >= 0.3 is 6.03 Å². The number of amides is 2. The summed E-state index contributed by atoms with van der Waals surface area (Å²) >= 11 is 0. The first-order chi connectivity index (χ1) is 12.8. The highest BCUT2D eigenvalue weighted by atomic mass is 16.3. The Labute approximate surface area is 158 Å². The monoisotopic (exact) mass is 370 g/mol. The number of phenolic OH excluding ortho intramolecular Hbond substituents is 1. The highest BCUT2D eigenvalue weighted by Gasteiger charge is 2.31. The van der Waals surface area contributed by atoms with Crippen molar-refractivity contribution < 1.29 is 14.7 Å². The molecule has 0 spiro atoms. The van der Waals surface area contributed by atoms with E-state index >= 15 is 0 Å². The third-order valence-corrected chi connectivity index (χ3v) is 4.40. The molecule has 7 heteroatoms. The van der Waals surface area contributed by atoms with E-state index in [2.05, 4.69) is 15.7 Å². The van der Waals surface area contributed by atoms with Gasteiger partial charge < -0.3 is 15.7 Å². The minimum absolute atomic E-state index is 0.000166. The maximum atomic E-state index is 12.5. The first-order valence-electron chi connectivity index (χ1n) is 9.31. The fourth-order valence-corrected chi connectivity index (χ4v) is 2.77. The van der Waals surface area contributed by atoms with Gasteiger partial charge in [0.2, 0.25) is 5.91 Å². The lowest BCUT2D eigenvalue weighted by atomic mass is 10.1. The zero-order valence-corrected chi connectivity index (χ0v) is 16.1. The Balaban J connectivity index is 1.96. The van der Waals surface area contributed by atoms with Crippen molar-refractivity contribution in [2.45, 2.75) is 52.5 Å². The lowest BCUT2D eigenvalue weighted by Crippen LogP contribution is -2.35. The fraction of sp³-hybridized carbons (Fsp3) is 0.450. The Bertz CT molecular complexity index is 866. The maximum absolute atomic E-state index is 12.5. The number of hydrogen-bond acceptors (Lipinski definition) is 4. The number of aromatic nitrogens is 2. The van der Waals surface area contributed by atoms with E-state index in [0.717, 1.165) is 18.5 Å². The van der Waals surface area contributed by atoms with Crippen molar-refractivity contribution in [3.05, 3.63) is 30.0 Å². The molecule has 0 saturated heterocycles. The van der Waals surface area contributed by atoms with Crippen molar-refractivity contribution in [1.29, 1.82) is 0 Å². The molecule has 2 amide bonds. The minimum Gasteiger partial charge on any atom is -0.507 e. The van der Waals surface area contributed by atoms with E-state index < -0.39 is 0 Å². The molecular weight excluding hydrogens is 344 g/mol. The molecule has 1 aliphatic carbocycles. The van der Waals surface area contributed by atoms with Crippen molar-refractivity contribution in [3.8, 4) is 17.0 Å². The second-order valence-electron chi connectivity index (χ2n) is 7.62. The first kappa shape index (κ1) is 18.9. The van der Waals surface area contributed by atoms with Crippen molar-refractivity contribution >= 4 is 17.6 Å². The van der Waals surface area contributed by atoms with Crippen molar-refractivity contribution in [2.24, 2.45) is 5.92 Å². The van der Waals surface area contributed by atoms with Gasteiger partial charge in [-0.3, -0.25) is 4.79 Å². The summed E-state index contributed by atoms with van der Waals surface area (Å²) in [5.41, 5.74) is 2.42. The summed E-state index contributed by atoms with van der Waals surface area (Å²) in [5, 5.41) is 20.4. The molecule has 1 aromatic carbocycles. The fourth-order valence-electron chi connectivity index (χ4n) is 2.77. The van der Waals surface area contributed by atoms with E-state index in [4.69, 9.17) is 0 Å². The highest BCUT2D eigenvalue weighted by Crippen LogP contribution is 2.42. The van der Waals surface area contributed by atoms with Crippen LogP contribution in [-0.4, -0.2) is 32.9 Å². The Morgan fingerprint density at radius 2 is 1.89 bits per heavy atom. The number of aromatic hydroxyl groups is 1. The number of benzene rings is 1. The van der Waals surface area contributed by atoms with Crippen LogP contribution in [0.5, 0.6) is 5.75 Å². The molecule has 0 bridgehead atoms. The Morgan fingerprint density at radius 3 is 2.48 bits per heavy atom. The second-order valence-corrected chi connectivity index (χ2v) is 7.62. The van der Waals surface area contributed by atoms with E-state index in [1.54, 1.807) is 12.1 Å². The summed E-state index contributed by atoms with van der Waals surface area (Å²) in [6.45, 7) is 7.42. The smallest absolute Gasteiger partial charge is 0.342 e. The largest absolute Gasteiger partial charge is 0.507 e. The number of nitrogens with zero attached hydrogens (tertiary/aromatic N) is 2. The quantitative estimate of drug-likeness (QED) is 0.699. The van der Waals surface area contributed by atoms with Gasteiger partial charge in [0.1, 0.15) is 5.75 Å². The average Bonchev–Trinajstić information content (AvgIpc) is 3.34. The molecule has 27 heavy (non-hydrogen) atoms. The highest BCUT2D eigenvalue weighted by molar-refractivity contribution is 5.93. The van der Waals surface area contributed by atoms with Gasteiger partial charge in [-0.25, -0.2) is 4.79 Å². The molecule has 1 aliphatic rings. The van der Waals surface area contributed by atoms with Crippen LogP contribution in [-0.2, 0) is 4.79 Å². The van der Waals surface area contributed by atoms with Gasteiger partial charge in [-0.2, -0.15) is 9.78 Å². The molecule has 0 unspecified atom stereocenters. The second kappa shape index (κ2) is 7.42. The third kappa shape index (κ3) is 4.30. The molecule has 7 nitrogen and oxygen atoms in total. The van der Waals surface area contributed by atoms with Gasteiger partial charge in [0.05, 0.1) is 11.4 Å². The maximum Gasteiger partial charge on any atom is 0.342 e. The van der Waals surface area contributed by atoms with Crippen LogP contribution in [0.3, 0.4) is 0 Å². The molecule has 1 aromatic heterocycles. The minimum atomic E-state index is -0.276. The van der Waals surface area contributed by atoms with E-state index in [-0.39, 0.29) is 29.6 Å². The van der Waals surface area contributed by atoms with Crippen molar-refractivity contribution in [2.75, 3.05) is 5.32 Å². The molecule has 3 rings (SSSR count). The van der Waals surface area contributed by atoms with E-state index in [1.807, 2.05) is 33.8 Å². The van der Waals surface area contributed by atoms with Crippen LogP contribution in [0.2, 0.25) is 0 Å². The summed E-state index contributed by atoms with van der Waals surface area (Å²) in [4.78, 5) is 24.4. The molecule has 0 atom stereocenters. The number of carbonyl (C=O) groups excluding carboxylic acids is 2. The number of hydrogen-bond donors (Lipinski definition) is 3. The number of phenols is 1. The van der Waals surface area contributed by atoms with Crippen LogP contribution in [0.4, 0.5) is 10.5 Å². The van der Waals surface area contributed by atoms with E-state index in [1.165, 1.54) is 10.7 Å². The van der Waals surface area contributed by atoms with Crippen LogP contribution in [0.25, 0.3) is 11.3 Å². The Hall–Kier alpha value is -2.83. The first-order valence-corrected chi connectivity index (χ1v) is 9.31. The normalized spacial score (nSPS) is 13.9. The predicted octanol–water partition coefficient (Wildman–Crippen LogP) is 3.69. The van der Waals surface area contributed by atoms with Gasteiger partial charge in [-0.1, -0.05) is 13.8 Å². The van der Waals surface area contributed by atoms with E-state index in [9.17, 15) is 14.7 Å². The van der Waals surface area contributed by atoms with Crippen molar-refractivity contribution in [1.82, 2.24) is 15.1 Å². The van der Waals surface area contributed by atoms with Crippen LogP contribution < -0.4 is 10.6 Å².